The van der Waals surface area contributed by atoms with Gasteiger partial charge in [-0.05, 0) is 43.5 Å². The number of likely N-dealkylation sites (tertiary alicyclic amines) is 1. The number of hydrogen-bond donors (Lipinski definition) is 1. The van der Waals surface area contributed by atoms with E-state index in [2.05, 4.69) is 9.97 Å². The smallest absolute Gasteiger partial charge is 0.320 e. The van der Waals surface area contributed by atoms with Crippen LogP contribution < -0.4 is 0 Å². The minimum atomic E-state index is -0.766. The zero-order valence-electron chi connectivity index (χ0n) is 13.2. The molecule has 5 nitrogen and oxygen atoms in total. The second kappa shape index (κ2) is 6.87. The van der Waals surface area contributed by atoms with Gasteiger partial charge in [-0.2, -0.15) is 0 Å². The van der Waals surface area contributed by atoms with Crippen LogP contribution in [0.3, 0.4) is 0 Å². The number of piperidine rings is 1. The Labute approximate surface area is 136 Å². The summed E-state index contributed by atoms with van der Waals surface area (Å²) >= 11 is 0. The van der Waals surface area contributed by atoms with Crippen LogP contribution in [0.25, 0.3) is 0 Å². The summed E-state index contributed by atoms with van der Waals surface area (Å²) in [6, 6.07) is 9.02. The van der Waals surface area contributed by atoms with E-state index in [9.17, 15) is 9.90 Å². The topological polar surface area (TPSA) is 66.3 Å². The lowest BCUT2D eigenvalue weighted by Crippen LogP contribution is -2.47. The highest BCUT2D eigenvalue weighted by atomic mass is 16.4. The maximum Gasteiger partial charge on any atom is 0.320 e. The summed E-state index contributed by atoms with van der Waals surface area (Å²) in [4.78, 5) is 22.8. The number of aromatic nitrogens is 2. The van der Waals surface area contributed by atoms with Gasteiger partial charge in [0.05, 0.1) is 17.4 Å². The van der Waals surface area contributed by atoms with Crippen molar-refractivity contribution in [3.63, 3.8) is 0 Å². The second-order valence-corrected chi connectivity index (χ2v) is 6.01. The molecule has 1 aliphatic rings. The van der Waals surface area contributed by atoms with Gasteiger partial charge < -0.3 is 5.11 Å². The Balaban J connectivity index is 2.04. The minimum absolute atomic E-state index is 0.224. The lowest BCUT2D eigenvalue weighted by atomic mass is 9.96. The van der Waals surface area contributed by atoms with Crippen LogP contribution in [-0.4, -0.2) is 38.5 Å². The van der Waals surface area contributed by atoms with Gasteiger partial charge in [0.15, 0.2) is 0 Å². The van der Waals surface area contributed by atoms with Crippen LogP contribution in [0.1, 0.15) is 42.3 Å². The average Bonchev–Trinajstić information content (AvgIpc) is 2.58. The van der Waals surface area contributed by atoms with Crippen molar-refractivity contribution >= 4 is 5.97 Å². The zero-order valence-corrected chi connectivity index (χ0v) is 13.2. The van der Waals surface area contributed by atoms with Crippen LogP contribution in [0.15, 0.2) is 42.7 Å². The van der Waals surface area contributed by atoms with Gasteiger partial charge in [0.1, 0.15) is 6.04 Å². The molecule has 0 radical (unpaired) electrons. The van der Waals surface area contributed by atoms with Crippen molar-refractivity contribution in [1.82, 2.24) is 14.9 Å². The van der Waals surface area contributed by atoms with Crippen molar-refractivity contribution in [3.8, 4) is 0 Å². The lowest BCUT2D eigenvalue weighted by Gasteiger charge is -2.38. The summed E-state index contributed by atoms with van der Waals surface area (Å²) in [7, 11) is 0. The summed E-state index contributed by atoms with van der Waals surface area (Å²) in [5, 5.41) is 9.61. The van der Waals surface area contributed by atoms with Crippen molar-refractivity contribution in [3.05, 3.63) is 59.7 Å². The summed E-state index contributed by atoms with van der Waals surface area (Å²) in [6.07, 6.45) is 6.19. The van der Waals surface area contributed by atoms with Gasteiger partial charge in [-0.15, -0.1) is 0 Å². The Bertz CT molecular complexity index is 658. The predicted molar refractivity (Wildman–Crippen MR) is 87.0 cm³/mol. The first-order chi connectivity index (χ1) is 11.2. The number of nitrogens with zero attached hydrogens (tertiary/aromatic N) is 3. The molecule has 3 rings (SSSR count). The number of hydrogen-bond acceptors (Lipinski definition) is 4. The first-order valence-corrected chi connectivity index (χ1v) is 7.99. The van der Waals surface area contributed by atoms with Gasteiger partial charge >= 0.3 is 5.97 Å². The highest BCUT2D eigenvalue weighted by Crippen LogP contribution is 2.32. The Kier molecular flexibility index (Phi) is 4.67. The molecule has 0 spiro atoms. The third kappa shape index (κ3) is 3.40. The maximum atomic E-state index is 11.7. The van der Waals surface area contributed by atoms with E-state index in [0.29, 0.717) is 6.42 Å². The molecule has 0 saturated carbocycles. The number of carbonyl (C=O) groups is 1. The van der Waals surface area contributed by atoms with Crippen molar-refractivity contribution in [2.45, 2.75) is 38.3 Å². The van der Waals surface area contributed by atoms with Crippen LogP contribution in [0, 0.1) is 6.92 Å². The van der Waals surface area contributed by atoms with E-state index in [4.69, 9.17) is 0 Å². The molecule has 5 heteroatoms. The van der Waals surface area contributed by atoms with E-state index in [1.165, 1.54) is 0 Å². The van der Waals surface area contributed by atoms with E-state index >= 15 is 0 Å². The highest BCUT2D eigenvalue weighted by molar-refractivity contribution is 5.73. The molecule has 2 aromatic heterocycles. The first kappa shape index (κ1) is 15.6. The highest BCUT2D eigenvalue weighted by Gasteiger charge is 2.36. The molecular formula is C18H21N3O2. The van der Waals surface area contributed by atoms with Crippen LogP contribution >= 0.6 is 0 Å². The molecule has 0 aliphatic carbocycles. The number of carboxylic acid groups (broad SMARTS) is 1. The quantitative estimate of drug-likeness (QED) is 0.940. The molecule has 2 unspecified atom stereocenters. The van der Waals surface area contributed by atoms with Gasteiger partial charge in [0, 0.05) is 18.9 Å². The molecule has 0 aromatic carbocycles. The van der Waals surface area contributed by atoms with Gasteiger partial charge in [-0.1, -0.05) is 18.6 Å². The molecule has 1 aliphatic heterocycles. The largest absolute Gasteiger partial charge is 0.480 e. The fraction of sp³-hybridized carbons (Fsp3) is 0.389. The molecule has 2 aromatic rings. The van der Waals surface area contributed by atoms with Gasteiger partial charge in [-0.3, -0.25) is 19.7 Å². The third-order valence-electron chi connectivity index (χ3n) is 4.34. The van der Waals surface area contributed by atoms with Gasteiger partial charge in [-0.25, -0.2) is 0 Å². The maximum absolute atomic E-state index is 11.7. The van der Waals surface area contributed by atoms with E-state index in [1.54, 1.807) is 6.20 Å². The van der Waals surface area contributed by atoms with E-state index in [0.717, 1.165) is 36.3 Å². The van der Waals surface area contributed by atoms with Crippen molar-refractivity contribution in [1.29, 1.82) is 0 Å². The Morgan fingerprint density at radius 1 is 1.22 bits per heavy atom. The van der Waals surface area contributed by atoms with E-state index in [-0.39, 0.29) is 6.04 Å². The van der Waals surface area contributed by atoms with E-state index < -0.39 is 12.0 Å². The standard InChI is InChI=1S/C18H21N3O2/c1-13-8-9-15(20-12-13)17(14-6-2-4-10-19-14)21-11-5-3-7-16(21)18(22)23/h2,4,6,8-10,12,16-17H,3,5,7,11H2,1H3,(H,22,23). The van der Waals surface area contributed by atoms with Crippen molar-refractivity contribution in [2.75, 3.05) is 6.54 Å². The lowest BCUT2D eigenvalue weighted by molar-refractivity contribution is -0.145. The van der Waals surface area contributed by atoms with Crippen LogP contribution in [0.5, 0.6) is 0 Å². The van der Waals surface area contributed by atoms with E-state index in [1.807, 2.05) is 48.4 Å². The van der Waals surface area contributed by atoms with Crippen molar-refractivity contribution in [2.24, 2.45) is 0 Å². The monoisotopic (exact) mass is 311 g/mol. The Hall–Kier alpha value is -2.27. The average molecular weight is 311 g/mol. The second-order valence-electron chi connectivity index (χ2n) is 6.01. The molecule has 1 saturated heterocycles. The number of aryl methyl sites for hydroxylation is 1. The molecule has 1 fully saturated rings. The van der Waals surface area contributed by atoms with Crippen molar-refractivity contribution < 1.29 is 9.90 Å². The van der Waals surface area contributed by atoms with Crippen LogP contribution in [0.4, 0.5) is 0 Å². The molecule has 1 N–H and O–H groups in total. The molecule has 0 bridgehead atoms. The molecule has 2 atom stereocenters. The summed E-state index contributed by atoms with van der Waals surface area (Å²) < 4.78 is 0. The Morgan fingerprint density at radius 3 is 2.70 bits per heavy atom. The zero-order chi connectivity index (χ0) is 16.2. The van der Waals surface area contributed by atoms with Gasteiger partial charge in [0.25, 0.3) is 0 Å². The predicted octanol–water partition coefficient (Wildman–Crippen LogP) is 2.81. The number of aliphatic carboxylic acids is 1. The normalized spacial score (nSPS) is 20.1. The molecule has 0 amide bonds. The molecule has 3 heterocycles. The number of pyridine rings is 2. The van der Waals surface area contributed by atoms with Crippen LogP contribution in [-0.2, 0) is 4.79 Å². The molecular weight excluding hydrogens is 290 g/mol. The third-order valence-corrected chi connectivity index (χ3v) is 4.34. The van der Waals surface area contributed by atoms with Crippen LogP contribution in [0.2, 0.25) is 0 Å². The summed E-state index contributed by atoms with van der Waals surface area (Å²) in [5.74, 6) is -0.766. The fourth-order valence-electron chi connectivity index (χ4n) is 3.20. The Morgan fingerprint density at radius 2 is 2.04 bits per heavy atom. The summed E-state index contributed by atoms with van der Waals surface area (Å²) in [5.41, 5.74) is 2.78. The molecule has 23 heavy (non-hydrogen) atoms. The summed E-state index contributed by atoms with van der Waals surface area (Å²) in [6.45, 7) is 2.74. The van der Waals surface area contributed by atoms with Gasteiger partial charge in [0.2, 0.25) is 0 Å². The number of carboxylic acids is 1. The SMILES string of the molecule is Cc1ccc(C(c2ccccn2)N2CCCCC2C(=O)O)nc1. The first-order valence-electron chi connectivity index (χ1n) is 7.99. The molecule has 120 valence electrons. The number of rotatable bonds is 4. The fourth-order valence-corrected chi connectivity index (χ4v) is 3.20. The minimum Gasteiger partial charge on any atom is -0.480 e.